The molecule has 166 valence electrons. The molecular formula is C21H30N2O6S. The summed E-state index contributed by atoms with van der Waals surface area (Å²) in [5, 5.41) is 2.95. The number of hydrogen-bond acceptors (Lipinski definition) is 7. The SMILES string of the molecule is CS(=O)(=O)c1ccc(C(=O)OCC(=O)NCC2(N3CCOCC3)CCCCC2)cc1. The van der Waals surface area contributed by atoms with Crippen molar-refractivity contribution >= 4 is 21.7 Å². The summed E-state index contributed by atoms with van der Waals surface area (Å²) in [6.07, 6.45) is 6.69. The molecule has 0 unspecified atom stereocenters. The minimum atomic E-state index is -3.33. The van der Waals surface area contributed by atoms with Gasteiger partial charge in [-0.05, 0) is 37.1 Å². The van der Waals surface area contributed by atoms with Crippen molar-refractivity contribution in [3.63, 3.8) is 0 Å². The lowest BCUT2D eigenvalue weighted by atomic mass is 9.79. The molecule has 2 fully saturated rings. The van der Waals surface area contributed by atoms with Gasteiger partial charge in [-0.2, -0.15) is 0 Å². The van der Waals surface area contributed by atoms with Crippen LogP contribution in [0.1, 0.15) is 42.5 Å². The topological polar surface area (TPSA) is 102 Å². The summed E-state index contributed by atoms with van der Waals surface area (Å²) in [6, 6.07) is 5.46. The van der Waals surface area contributed by atoms with Crippen molar-refractivity contribution in [3.8, 4) is 0 Å². The van der Waals surface area contributed by atoms with Crippen molar-refractivity contribution in [2.45, 2.75) is 42.5 Å². The number of nitrogens with zero attached hydrogens (tertiary/aromatic N) is 1. The molecule has 1 aliphatic carbocycles. The number of nitrogens with one attached hydrogen (secondary N) is 1. The van der Waals surface area contributed by atoms with Crippen LogP contribution in [-0.4, -0.2) is 76.4 Å². The standard InChI is InChI=1S/C21H30N2O6S/c1-30(26,27)18-7-5-17(6-8-18)20(25)29-15-19(24)22-16-21(9-3-2-4-10-21)23-11-13-28-14-12-23/h5-8H,2-4,9-16H2,1H3,(H,22,24). The number of morpholine rings is 1. The third kappa shape index (κ3) is 5.80. The lowest BCUT2D eigenvalue weighted by molar-refractivity contribution is -0.125. The van der Waals surface area contributed by atoms with Crippen LogP contribution in [0.3, 0.4) is 0 Å². The first-order chi connectivity index (χ1) is 14.3. The number of hydrogen-bond donors (Lipinski definition) is 1. The number of sulfone groups is 1. The number of ether oxygens (including phenoxy) is 2. The molecule has 0 atom stereocenters. The fraction of sp³-hybridized carbons (Fsp3) is 0.619. The van der Waals surface area contributed by atoms with Crippen LogP contribution in [0, 0.1) is 0 Å². The minimum absolute atomic E-state index is 0.0524. The van der Waals surface area contributed by atoms with E-state index >= 15 is 0 Å². The zero-order valence-electron chi connectivity index (χ0n) is 17.4. The van der Waals surface area contributed by atoms with Crippen LogP contribution in [0.15, 0.2) is 29.2 Å². The Hall–Kier alpha value is -1.97. The summed E-state index contributed by atoms with van der Waals surface area (Å²) in [4.78, 5) is 27.0. The van der Waals surface area contributed by atoms with Crippen LogP contribution >= 0.6 is 0 Å². The highest BCUT2D eigenvalue weighted by atomic mass is 32.2. The predicted molar refractivity (Wildman–Crippen MR) is 111 cm³/mol. The van der Waals surface area contributed by atoms with E-state index in [1.165, 1.54) is 30.7 Å². The maximum atomic E-state index is 12.3. The fourth-order valence-electron chi connectivity index (χ4n) is 4.22. The Morgan fingerprint density at radius 1 is 1.10 bits per heavy atom. The highest BCUT2D eigenvalue weighted by Gasteiger charge is 2.38. The number of esters is 1. The summed E-state index contributed by atoms with van der Waals surface area (Å²) >= 11 is 0. The largest absolute Gasteiger partial charge is 0.452 e. The van der Waals surface area contributed by atoms with Crippen LogP contribution in [0.25, 0.3) is 0 Å². The van der Waals surface area contributed by atoms with Gasteiger partial charge >= 0.3 is 5.97 Å². The molecule has 3 rings (SSSR count). The molecule has 30 heavy (non-hydrogen) atoms. The Morgan fingerprint density at radius 2 is 1.73 bits per heavy atom. The molecule has 9 heteroatoms. The molecule has 1 aromatic carbocycles. The van der Waals surface area contributed by atoms with Gasteiger partial charge in [0, 0.05) is 31.4 Å². The number of amides is 1. The second kappa shape index (κ2) is 9.89. The van der Waals surface area contributed by atoms with Gasteiger partial charge < -0.3 is 14.8 Å². The van der Waals surface area contributed by atoms with E-state index in [2.05, 4.69) is 10.2 Å². The monoisotopic (exact) mass is 438 g/mol. The third-order valence-electron chi connectivity index (χ3n) is 5.93. The van der Waals surface area contributed by atoms with Crippen molar-refractivity contribution in [1.29, 1.82) is 0 Å². The van der Waals surface area contributed by atoms with Crippen LogP contribution in [0.5, 0.6) is 0 Å². The van der Waals surface area contributed by atoms with E-state index in [0.717, 1.165) is 45.0 Å². The third-order valence-corrected chi connectivity index (χ3v) is 7.06. The van der Waals surface area contributed by atoms with Gasteiger partial charge in [0.25, 0.3) is 5.91 Å². The lowest BCUT2D eigenvalue weighted by Gasteiger charge is -2.48. The van der Waals surface area contributed by atoms with E-state index in [9.17, 15) is 18.0 Å². The number of carbonyl (C=O) groups is 2. The average molecular weight is 439 g/mol. The number of carbonyl (C=O) groups excluding carboxylic acids is 2. The van der Waals surface area contributed by atoms with Crippen molar-refractivity contribution in [3.05, 3.63) is 29.8 Å². The van der Waals surface area contributed by atoms with Gasteiger partial charge in [-0.3, -0.25) is 9.69 Å². The molecule has 0 radical (unpaired) electrons. The Bertz CT molecular complexity index is 841. The fourth-order valence-corrected chi connectivity index (χ4v) is 4.85. The van der Waals surface area contributed by atoms with Gasteiger partial charge in [-0.1, -0.05) is 19.3 Å². The molecule has 1 N–H and O–H groups in total. The molecule has 0 aromatic heterocycles. The first-order valence-corrected chi connectivity index (χ1v) is 12.3. The van der Waals surface area contributed by atoms with Crippen molar-refractivity contribution in [2.24, 2.45) is 0 Å². The summed E-state index contributed by atoms with van der Waals surface area (Å²) in [5.41, 5.74) is 0.149. The summed E-state index contributed by atoms with van der Waals surface area (Å²) in [7, 11) is -3.33. The zero-order valence-corrected chi connectivity index (χ0v) is 18.2. The van der Waals surface area contributed by atoms with Gasteiger partial charge in [-0.15, -0.1) is 0 Å². The van der Waals surface area contributed by atoms with Gasteiger partial charge in [0.1, 0.15) is 0 Å². The van der Waals surface area contributed by atoms with Gasteiger partial charge in [0.2, 0.25) is 0 Å². The summed E-state index contributed by atoms with van der Waals surface area (Å²) in [6.45, 7) is 3.33. The van der Waals surface area contributed by atoms with E-state index < -0.39 is 15.8 Å². The van der Waals surface area contributed by atoms with E-state index in [0.29, 0.717) is 19.8 Å². The van der Waals surface area contributed by atoms with Crippen molar-refractivity contribution in [2.75, 3.05) is 45.7 Å². The minimum Gasteiger partial charge on any atom is -0.452 e. The summed E-state index contributed by atoms with van der Waals surface area (Å²) < 4.78 is 33.6. The normalized spacial score (nSPS) is 19.8. The number of rotatable bonds is 7. The average Bonchev–Trinajstić information content (AvgIpc) is 2.77. The molecule has 1 aromatic rings. The maximum Gasteiger partial charge on any atom is 0.338 e. The highest BCUT2D eigenvalue weighted by molar-refractivity contribution is 7.90. The molecule has 0 bridgehead atoms. The maximum absolute atomic E-state index is 12.3. The van der Waals surface area contributed by atoms with Crippen LogP contribution in [0.2, 0.25) is 0 Å². The molecule has 8 nitrogen and oxygen atoms in total. The molecule has 1 saturated carbocycles. The quantitative estimate of drug-likeness (QED) is 0.642. The second-order valence-corrected chi connectivity index (χ2v) is 10.0. The first-order valence-electron chi connectivity index (χ1n) is 10.4. The molecular weight excluding hydrogens is 408 g/mol. The first kappa shape index (κ1) is 22.7. The van der Waals surface area contributed by atoms with Gasteiger partial charge in [-0.25, -0.2) is 13.2 Å². The predicted octanol–water partition coefficient (Wildman–Crippen LogP) is 1.40. The molecule has 1 aliphatic heterocycles. The molecule has 1 saturated heterocycles. The Balaban J connectivity index is 1.51. The molecule has 1 amide bonds. The second-order valence-electron chi connectivity index (χ2n) is 8.03. The van der Waals surface area contributed by atoms with E-state index in [1.807, 2.05) is 0 Å². The molecule has 1 heterocycles. The van der Waals surface area contributed by atoms with E-state index in [1.54, 1.807) is 0 Å². The molecule has 2 aliphatic rings. The van der Waals surface area contributed by atoms with Crippen LogP contribution < -0.4 is 5.32 Å². The highest BCUT2D eigenvalue weighted by Crippen LogP contribution is 2.33. The van der Waals surface area contributed by atoms with Gasteiger partial charge in [0.15, 0.2) is 16.4 Å². The lowest BCUT2D eigenvalue weighted by Crippen LogP contribution is -2.59. The van der Waals surface area contributed by atoms with Crippen LogP contribution in [0.4, 0.5) is 0 Å². The molecule has 0 spiro atoms. The van der Waals surface area contributed by atoms with E-state index in [4.69, 9.17) is 9.47 Å². The van der Waals surface area contributed by atoms with E-state index in [-0.39, 0.29) is 28.5 Å². The Kier molecular flexibility index (Phi) is 7.49. The Morgan fingerprint density at radius 3 is 2.33 bits per heavy atom. The van der Waals surface area contributed by atoms with Gasteiger partial charge in [0.05, 0.1) is 23.7 Å². The number of benzene rings is 1. The van der Waals surface area contributed by atoms with Crippen molar-refractivity contribution in [1.82, 2.24) is 10.2 Å². The zero-order chi connectivity index (χ0) is 21.6. The summed E-state index contributed by atoms with van der Waals surface area (Å²) in [5.74, 6) is -1.000. The van der Waals surface area contributed by atoms with Crippen LogP contribution in [-0.2, 0) is 24.1 Å². The smallest absolute Gasteiger partial charge is 0.338 e. The Labute approximate surface area is 177 Å². The van der Waals surface area contributed by atoms with Crippen molar-refractivity contribution < 1.29 is 27.5 Å².